The van der Waals surface area contributed by atoms with Crippen LogP contribution in [0.15, 0.2) is 53.4 Å². The van der Waals surface area contributed by atoms with Crippen molar-refractivity contribution < 1.29 is 18.6 Å². The Morgan fingerprint density at radius 1 is 0.875 bits per heavy atom. The summed E-state index contributed by atoms with van der Waals surface area (Å²) in [6.45, 7) is 3.13. The summed E-state index contributed by atoms with van der Waals surface area (Å²) < 4.78 is 26.1. The van der Waals surface area contributed by atoms with Crippen LogP contribution in [0.5, 0.6) is 0 Å². The molecule has 0 amide bonds. The van der Waals surface area contributed by atoms with Crippen molar-refractivity contribution in [2.75, 3.05) is 13.2 Å². The molecule has 2 unspecified atom stereocenters. The summed E-state index contributed by atoms with van der Waals surface area (Å²) in [6.07, 6.45) is 0. The van der Waals surface area contributed by atoms with Gasteiger partial charge in [0.1, 0.15) is 0 Å². The molecule has 0 bridgehead atoms. The number of aliphatic hydroxyl groups excluding tert-OH is 2. The van der Waals surface area contributed by atoms with Crippen molar-refractivity contribution in [3.8, 4) is 0 Å². The second kappa shape index (κ2) is 5.99. The van der Waals surface area contributed by atoms with Gasteiger partial charge in [-0.2, -0.15) is 0 Å². The number of rotatable bonds is 5. The van der Waals surface area contributed by atoms with Gasteiger partial charge in [-0.3, -0.25) is 0 Å². The van der Waals surface area contributed by atoms with Crippen LogP contribution in [-0.4, -0.2) is 37.1 Å². The van der Waals surface area contributed by atoms with Crippen molar-refractivity contribution in [2.45, 2.75) is 29.9 Å². The minimum Gasteiger partial charge on any atom is -0.396 e. The maximum atomic E-state index is 13.1. The van der Waals surface area contributed by atoms with Crippen molar-refractivity contribution >= 4 is 9.84 Å². The fourth-order valence-electron chi connectivity index (χ4n) is 3.52. The highest BCUT2D eigenvalue weighted by atomic mass is 32.2. The van der Waals surface area contributed by atoms with Crippen molar-refractivity contribution in [1.82, 2.24) is 0 Å². The first kappa shape index (κ1) is 17.1. The fraction of sp³-hybridized carbons (Fsp3) is 0.368. The first-order chi connectivity index (χ1) is 11.4. The summed E-state index contributed by atoms with van der Waals surface area (Å²) in [6, 6.07) is 14.3. The van der Waals surface area contributed by atoms with Crippen molar-refractivity contribution in [1.29, 1.82) is 0 Å². The molecular weight excluding hydrogens is 324 g/mol. The lowest BCUT2D eigenvalue weighted by molar-refractivity contribution is 0.130. The van der Waals surface area contributed by atoms with E-state index < -0.39 is 26.4 Å². The molecule has 24 heavy (non-hydrogen) atoms. The van der Waals surface area contributed by atoms with Gasteiger partial charge in [-0.15, -0.1) is 0 Å². The third kappa shape index (κ3) is 2.57. The van der Waals surface area contributed by atoms with Gasteiger partial charge in [0.15, 0.2) is 9.84 Å². The molecule has 3 rings (SSSR count). The third-order valence-corrected chi connectivity index (χ3v) is 7.43. The van der Waals surface area contributed by atoms with Gasteiger partial charge in [0, 0.05) is 11.3 Å². The molecule has 2 N–H and O–H groups in total. The summed E-state index contributed by atoms with van der Waals surface area (Å²) >= 11 is 0. The molecule has 5 heteroatoms. The van der Waals surface area contributed by atoms with E-state index in [1.54, 1.807) is 24.3 Å². The molecule has 2 aromatic rings. The van der Waals surface area contributed by atoms with Gasteiger partial charge >= 0.3 is 0 Å². The van der Waals surface area contributed by atoms with Crippen molar-refractivity contribution in [3.05, 3.63) is 65.2 Å². The average Bonchev–Trinajstić information content (AvgIpc) is 3.26. The molecule has 0 aliphatic heterocycles. The first-order valence-electron chi connectivity index (χ1n) is 7.95. The Kier molecular flexibility index (Phi) is 4.28. The zero-order valence-corrected chi connectivity index (χ0v) is 14.6. The Morgan fingerprint density at radius 2 is 1.33 bits per heavy atom. The molecule has 1 aliphatic rings. The summed E-state index contributed by atoms with van der Waals surface area (Å²) in [4.78, 5) is 0.235. The van der Waals surface area contributed by atoms with Gasteiger partial charge in [0.05, 0.1) is 23.4 Å². The number of benzene rings is 2. The van der Waals surface area contributed by atoms with Gasteiger partial charge in [-0.25, -0.2) is 8.42 Å². The van der Waals surface area contributed by atoms with Crippen LogP contribution in [0.1, 0.15) is 22.6 Å². The number of aryl methyl sites for hydroxylation is 2. The summed E-state index contributed by atoms with van der Waals surface area (Å²) in [7, 11) is -3.64. The van der Waals surface area contributed by atoms with Crippen LogP contribution in [0.25, 0.3) is 0 Å². The van der Waals surface area contributed by atoms with Crippen LogP contribution < -0.4 is 0 Å². The number of hydrogen-bond acceptors (Lipinski definition) is 4. The van der Waals surface area contributed by atoms with E-state index in [0.717, 1.165) is 16.7 Å². The first-order valence-corrected chi connectivity index (χ1v) is 9.50. The largest absolute Gasteiger partial charge is 0.396 e. The molecule has 1 saturated carbocycles. The molecule has 2 aromatic carbocycles. The zero-order valence-electron chi connectivity index (χ0n) is 13.8. The highest BCUT2D eigenvalue weighted by molar-refractivity contribution is 7.92. The molecule has 4 nitrogen and oxygen atoms in total. The Labute approximate surface area is 142 Å². The monoisotopic (exact) mass is 346 g/mol. The SMILES string of the molecule is Cc1ccc(C2C(S(=O)(=O)c3ccc(C)cc3)C2(CO)CO)cc1. The van der Waals surface area contributed by atoms with E-state index in [-0.39, 0.29) is 18.1 Å². The Balaban J connectivity index is 2.04. The average molecular weight is 346 g/mol. The second-order valence-electron chi connectivity index (χ2n) is 6.72. The van der Waals surface area contributed by atoms with Crippen LogP contribution in [0.2, 0.25) is 0 Å². The van der Waals surface area contributed by atoms with Gasteiger partial charge in [-0.05, 0) is 31.5 Å². The molecule has 0 spiro atoms. The molecule has 1 aliphatic carbocycles. The van der Waals surface area contributed by atoms with Crippen LogP contribution in [0.4, 0.5) is 0 Å². The minimum absolute atomic E-state index is 0.235. The standard InChI is InChI=1S/C19H22O4S/c1-13-3-7-15(8-4-13)17-18(19(17,11-20)12-21)24(22,23)16-9-5-14(2)6-10-16/h3-10,17-18,20-21H,11-12H2,1-2H3. The summed E-state index contributed by atoms with van der Waals surface area (Å²) in [5.41, 5.74) is 1.87. The molecule has 0 radical (unpaired) electrons. The maximum Gasteiger partial charge on any atom is 0.182 e. The molecule has 0 heterocycles. The molecule has 0 aromatic heterocycles. The fourth-order valence-corrected chi connectivity index (χ4v) is 5.95. The van der Waals surface area contributed by atoms with E-state index >= 15 is 0 Å². The Morgan fingerprint density at radius 3 is 1.79 bits per heavy atom. The van der Waals surface area contributed by atoms with Crippen LogP contribution >= 0.6 is 0 Å². The lowest BCUT2D eigenvalue weighted by Crippen LogP contribution is -2.23. The topological polar surface area (TPSA) is 74.6 Å². The predicted octanol–water partition coefficient (Wildman–Crippen LogP) is 2.21. The molecule has 1 fully saturated rings. The van der Waals surface area contributed by atoms with E-state index in [1.165, 1.54) is 0 Å². The lowest BCUT2D eigenvalue weighted by Gasteiger charge is -2.11. The summed E-state index contributed by atoms with van der Waals surface area (Å²) in [5, 5.41) is 18.9. The highest BCUT2D eigenvalue weighted by Gasteiger charge is 2.70. The minimum atomic E-state index is -3.64. The van der Waals surface area contributed by atoms with Crippen LogP contribution in [0.3, 0.4) is 0 Å². The zero-order chi connectivity index (χ0) is 17.5. The van der Waals surface area contributed by atoms with Gasteiger partial charge in [0.25, 0.3) is 0 Å². The molecular formula is C19H22O4S. The number of aliphatic hydroxyl groups is 2. The molecule has 0 saturated heterocycles. The Hall–Kier alpha value is -1.69. The molecule has 128 valence electrons. The van der Waals surface area contributed by atoms with Crippen molar-refractivity contribution in [2.24, 2.45) is 5.41 Å². The second-order valence-corrected chi connectivity index (χ2v) is 8.79. The normalized spacial score (nSPS) is 22.3. The smallest absolute Gasteiger partial charge is 0.182 e. The van der Waals surface area contributed by atoms with Crippen molar-refractivity contribution in [3.63, 3.8) is 0 Å². The Bertz CT molecular complexity index is 819. The van der Waals surface area contributed by atoms with Gasteiger partial charge in [0.2, 0.25) is 0 Å². The summed E-state index contributed by atoms with van der Waals surface area (Å²) in [5.74, 6) is -0.403. The third-order valence-electron chi connectivity index (χ3n) is 5.09. The van der Waals surface area contributed by atoms with Crippen LogP contribution in [0, 0.1) is 19.3 Å². The number of sulfone groups is 1. The predicted molar refractivity (Wildman–Crippen MR) is 92.7 cm³/mol. The highest BCUT2D eigenvalue weighted by Crippen LogP contribution is 2.63. The number of hydrogen-bond donors (Lipinski definition) is 2. The van der Waals surface area contributed by atoms with Gasteiger partial charge in [-0.1, -0.05) is 47.5 Å². The lowest BCUT2D eigenvalue weighted by atomic mass is 10.00. The quantitative estimate of drug-likeness (QED) is 0.870. The molecule has 2 atom stereocenters. The van der Waals surface area contributed by atoms with E-state index in [2.05, 4.69) is 0 Å². The van der Waals surface area contributed by atoms with Crippen LogP contribution in [-0.2, 0) is 9.84 Å². The van der Waals surface area contributed by atoms with E-state index in [1.807, 2.05) is 38.1 Å². The van der Waals surface area contributed by atoms with E-state index in [0.29, 0.717) is 0 Å². The van der Waals surface area contributed by atoms with E-state index in [9.17, 15) is 18.6 Å². The van der Waals surface area contributed by atoms with E-state index in [4.69, 9.17) is 0 Å². The van der Waals surface area contributed by atoms with Gasteiger partial charge < -0.3 is 10.2 Å². The maximum absolute atomic E-state index is 13.1.